The Labute approximate surface area is 129 Å². The molecule has 6 rings (SSSR count). The van der Waals surface area contributed by atoms with Crippen LogP contribution >= 0.6 is 0 Å². The molecule has 4 fully saturated rings. The normalized spacial score (nSPS) is 35.4. The summed E-state index contributed by atoms with van der Waals surface area (Å²) in [4.78, 5) is 15.4. The van der Waals surface area contributed by atoms with E-state index < -0.39 is 0 Å². The lowest BCUT2D eigenvalue weighted by atomic mass is 9.90. The van der Waals surface area contributed by atoms with Crippen LogP contribution in [0.3, 0.4) is 0 Å². The Morgan fingerprint density at radius 1 is 1.27 bits per heavy atom. The number of para-hydroxylation sites is 1. The average molecular weight is 296 g/mol. The number of carbonyl (C=O) groups is 1. The zero-order valence-electron chi connectivity index (χ0n) is 12.7. The number of rotatable bonds is 2. The van der Waals surface area contributed by atoms with Gasteiger partial charge >= 0.3 is 0 Å². The fourth-order valence-corrected chi connectivity index (χ4v) is 5.09. The number of carbonyl (C=O) groups excluding carboxylic acids is 1. The number of hydrogen-bond donors (Lipinski definition) is 1. The molecule has 1 N–H and O–H groups in total. The lowest BCUT2D eigenvalue weighted by molar-refractivity contribution is 0.0796. The van der Waals surface area contributed by atoms with Gasteiger partial charge in [0.2, 0.25) is 0 Å². The Hall–Kier alpha value is -1.88. The molecule has 1 amide bonds. The molecule has 5 nitrogen and oxygen atoms in total. The Bertz CT molecular complexity index is 761. The van der Waals surface area contributed by atoms with E-state index in [1.54, 1.807) is 4.68 Å². The van der Waals surface area contributed by atoms with Crippen molar-refractivity contribution in [3.8, 4) is 0 Å². The number of nitrogens with one attached hydrogen (secondary N) is 1. The van der Waals surface area contributed by atoms with Crippen molar-refractivity contribution in [2.75, 3.05) is 19.6 Å². The average Bonchev–Trinajstić information content (AvgIpc) is 3.05. The van der Waals surface area contributed by atoms with Gasteiger partial charge in [0.15, 0.2) is 5.69 Å². The van der Waals surface area contributed by atoms with Crippen molar-refractivity contribution >= 4 is 16.8 Å². The lowest BCUT2D eigenvalue weighted by Gasteiger charge is -2.40. The molecule has 0 spiro atoms. The summed E-state index contributed by atoms with van der Waals surface area (Å²) in [5, 5.41) is 8.74. The molecule has 4 heterocycles. The van der Waals surface area contributed by atoms with Gasteiger partial charge in [0.05, 0.1) is 11.1 Å². The standard InChI is InChI=1S/C17H20N4O/c1-20-14-5-3-2-4-13(14)15(19-20)16(22)18-17-6-11-8-21(10-17)9-12(11)7-17/h2-5,11-12H,6-10H2,1H3,(H,18,22). The first-order valence-electron chi connectivity index (χ1n) is 8.10. The molecule has 5 heteroatoms. The van der Waals surface area contributed by atoms with Crippen molar-refractivity contribution in [3.05, 3.63) is 30.0 Å². The highest BCUT2D eigenvalue weighted by atomic mass is 16.2. The van der Waals surface area contributed by atoms with Crippen molar-refractivity contribution in [1.82, 2.24) is 20.0 Å². The molecule has 114 valence electrons. The first kappa shape index (κ1) is 12.6. The molecule has 0 radical (unpaired) electrons. The molecule has 1 aliphatic carbocycles. The van der Waals surface area contributed by atoms with Crippen LogP contribution in [0.1, 0.15) is 23.3 Å². The number of piperidine rings is 2. The second kappa shape index (κ2) is 4.10. The van der Waals surface area contributed by atoms with Gasteiger partial charge < -0.3 is 10.2 Å². The summed E-state index contributed by atoms with van der Waals surface area (Å²) < 4.78 is 1.79. The molecule has 2 atom stereocenters. The predicted molar refractivity (Wildman–Crippen MR) is 83.6 cm³/mol. The summed E-state index contributed by atoms with van der Waals surface area (Å²) in [7, 11) is 1.89. The number of benzene rings is 1. The first-order valence-corrected chi connectivity index (χ1v) is 8.10. The highest BCUT2D eigenvalue weighted by molar-refractivity contribution is 6.05. The summed E-state index contributed by atoms with van der Waals surface area (Å²) in [6, 6.07) is 7.93. The molecule has 1 aromatic heterocycles. The van der Waals surface area contributed by atoms with Crippen LogP contribution in [0.15, 0.2) is 24.3 Å². The Morgan fingerprint density at radius 2 is 2.00 bits per heavy atom. The van der Waals surface area contributed by atoms with E-state index in [0.29, 0.717) is 5.69 Å². The van der Waals surface area contributed by atoms with Crippen LogP contribution < -0.4 is 5.32 Å². The van der Waals surface area contributed by atoms with E-state index >= 15 is 0 Å². The van der Waals surface area contributed by atoms with E-state index in [-0.39, 0.29) is 11.4 Å². The largest absolute Gasteiger partial charge is 0.344 e. The maximum Gasteiger partial charge on any atom is 0.272 e. The fraction of sp³-hybridized carbons (Fsp3) is 0.529. The molecular formula is C17H20N4O. The molecule has 1 saturated carbocycles. The zero-order chi connectivity index (χ0) is 14.9. The third-order valence-corrected chi connectivity index (χ3v) is 5.84. The smallest absolute Gasteiger partial charge is 0.272 e. The van der Waals surface area contributed by atoms with Gasteiger partial charge in [-0.15, -0.1) is 0 Å². The Kier molecular flexibility index (Phi) is 2.36. The molecule has 1 aromatic carbocycles. The highest BCUT2D eigenvalue weighted by Crippen LogP contribution is 2.49. The number of aryl methyl sites for hydroxylation is 1. The summed E-state index contributed by atoms with van der Waals surface area (Å²) in [5.74, 6) is 1.56. The van der Waals surface area contributed by atoms with Crippen LogP contribution in [-0.2, 0) is 7.05 Å². The van der Waals surface area contributed by atoms with Gasteiger partial charge in [0.1, 0.15) is 0 Å². The maximum absolute atomic E-state index is 12.8. The van der Waals surface area contributed by atoms with E-state index in [1.807, 2.05) is 31.3 Å². The second-order valence-electron chi connectivity index (χ2n) is 7.35. The summed E-state index contributed by atoms with van der Waals surface area (Å²) in [5.41, 5.74) is 1.55. The van der Waals surface area contributed by atoms with Crippen molar-refractivity contribution in [3.63, 3.8) is 0 Å². The highest BCUT2D eigenvalue weighted by Gasteiger charge is 2.55. The molecule has 2 aromatic rings. The number of hydrogen-bond acceptors (Lipinski definition) is 3. The fourth-order valence-electron chi connectivity index (χ4n) is 5.09. The number of amides is 1. The molecule has 2 unspecified atom stereocenters. The number of nitrogens with zero attached hydrogens (tertiary/aromatic N) is 3. The van der Waals surface area contributed by atoms with E-state index in [0.717, 1.165) is 42.1 Å². The molecule has 22 heavy (non-hydrogen) atoms. The summed E-state index contributed by atoms with van der Waals surface area (Å²) in [6.07, 6.45) is 2.29. The van der Waals surface area contributed by atoms with Crippen molar-refractivity contribution in [2.24, 2.45) is 18.9 Å². The minimum absolute atomic E-state index is 0.0124. The van der Waals surface area contributed by atoms with Crippen molar-refractivity contribution in [2.45, 2.75) is 18.4 Å². The topological polar surface area (TPSA) is 50.2 Å². The van der Waals surface area contributed by atoms with Crippen LogP contribution in [0.2, 0.25) is 0 Å². The number of aromatic nitrogens is 2. The van der Waals surface area contributed by atoms with Gasteiger partial charge in [-0.3, -0.25) is 9.48 Å². The SMILES string of the molecule is Cn1nc(C(=O)NC23CC4CN(CC4C2)C3)c2ccccc21. The van der Waals surface area contributed by atoms with Crippen molar-refractivity contribution < 1.29 is 4.79 Å². The van der Waals surface area contributed by atoms with E-state index in [4.69, 9.17) is 0 Å². The summed E-state index contributed by atoms with van der Waals surface area (Å²) >= 11 is 0. The maximum atomic E-state index is 12.8. The number of fused-ring (bicyclic) bond motifs is 1. The van der Waals surface area contributed by atoms with E-state index in [9.17, 15) is 4.79 Å². The third kappa shape index (κ3) is 1.63. The van der Waals surface area contributed by atoms with Crippen LogP contribution in [-0.4, -0.2) is 45.8 Å². The van der Waals surface area contributed by atoms with Crippen LogP contribution in [0.25, 0.3) is 10.9 Å². The Morgan fingerprint density at radius 3 is 2.73 bits per heavy atom. The third-order valence-electron chi connectivity index (χ3n) is 5.84. The van der Waals surface area contributed by atoms with Crippen LogP contribution in [0.4, 0.5) is 0 Å². The first-order chi connectivity index (χ1) is 10.6. The summed E-state index contributed by atoms with van der Waals surface area (Å²) in [6.45, 7) is 3.47. The van der Waals surface area contributed by atoms with E-state index in [2.05, 4.69) is 15.3 Å². The van der Waals surface area contributed by atoms with Gasteiger partial charge in [0, 0.05) is 32.1 Å². The van der Waals surface area contributed by atoms with Gasteiger partial charge in [-0.2, -0.15) is 5.10 Å². The molecular weight excluding hydrogens is 276 g/mol. The minimum atomic E-state index is -0.0139. The van der Waals surface area contributed by atoms with Gasteiger partial charge in [-0.05, 0) is 30.7 Å². The van der Waals surface area contributed by atoms with Gasteiger partial charge in [0.25, 0.3) is 5.91 Å². The quantitative estimate of drug-likeness (QED) is 0.911. The zero-order valence-corrected chi connectivity index (χ0v) is 12.7. The minimum Gasteiger partial charge on any atom is -0.344 e. The molecule has 3 aliphatic heterocycles. The molecule has 4 bridgehead atoms. The molecule has 3 saturated heterocycles. The predicted octanol–water partition coefficient (Wildman–Crippen LogP) is 1.40. The van der Waals surface area contributed by atoms with Gasteiger partial charge in [-0.25, -0.2) is 0 Å². The lowest BCUT2D eigenvalue weighted by Crippen LogP contribution is -2.58. The monoisotopic (exact) mass is 296 g/mol. The van der Waals surface area contributed by atoms with Crippen LogP contribution in [0.5, 0.6) is 0 Å². The van der Waals surface area contributed by atoms with Crippen molar-refractivity contribution in [1.29, 1.82) is 0 Å². The van der Waals surface area contributed by atoms with E-state index in [1.165, 1.54) is 13.1 Å². The van der Waals surface area contributed by atoms with Gasteiger partial charge in [-0.1, -0.05) is 18.2 Å². The molecule has 4 aliphatic rings. The Balaban J connectivity index is 1.48. The van der Waals surface area contributed by atoms with Crippen LogP contribution in [0, 0.1) is 11.8 Å². The second-order valence-corrected chi connectivity index (χ2v) is 7.35.